The highest BCUT2D eigenvalue weighted by Gasteiger charge is 2.42. The second-order valence-corrected chi connectivity index (χ2v) is 8.17. The highest BCUT2D eigenvalue weighted by atomic mass is 16.4. The number of nitrogens with one attached hydrogen (secondary N) is 2. The van der Waals surface area contributed by atoms with Gasteiger partial charge in [0.15, 0.2) is 5.82 Å². The second-order valence-electron chi connectivity index (χ2n) is 8.17. The van der Waals surface area contributed by atoms with Gasteiger partial charge in [-0.15, -0.1) is 0 Å². The number of anilines is 3. The summed E-state index contributed by atoms with van der Waals surface area (Å²) in [4.78, 5) is 23.5. The van der Waals surface area contributed by atoms with Gasteiger partial charge in [0, 0.05) is 61.9 Å². The molecule has 0 spiro atoms. The molecule has 5 rings (SSSR count). The molecule has 0 radical (unpaired) electrons. The van der Waals surface area contributed by atoms with Crippen LogP contribution in [0.5, 0.6) is 0 Å². The zero-order valence-corrected chi connectivity index (χ0v) is 15.7. The highest BCUT2D eigenvalue weighted by molar-refractivity contribution is 5.66. The third kappa shape index (κ3) is 3.25. The van der Waals surface area contributed by atoms with E-state index in [1.54, 1.807) is 6.20 Å². The summed E-state index contributed by atoms with van der Waals surface area (Å²) in [5, 5.41) is 19.8. The number of amides is 1. The normalized spacial score (nSPS) is 20.9. The van der Waals surface area contributed by atoms with Gasteiger partial charge in [-0.05, 0) is 18.9 Å². The zero-order chi connectivity index (χ0) is 19.1. The molecule has 9 heteroatoms. The standard InChI is InChI=1S/C19H25N7O2/c27-19(28)26-10-14(11-26)13-8-25(9-13)18-20-6-5-16(22-18)21-17-7-15(23-24-17)12-3-1-2-4-12/h5-7,12-14H,1-4,8-11H2,(H,27,28)(H2,20,21,22,23,24). The molecular formula is C19H25N7O2. The molecule has 2 aromatic rings. The monoisotopic (exact) mass is 383 g/mol. The van der Waals surface area contributed by atoms with Crippen LogP contribution in [0.2, 0.25) is 0 Å². The van der Waals surface area contributed by atoms with E-state index >= 15 is 0 Å². The molecule has 0 unspecified atom stereocenters. The van der Waals surface area contributed by atoms with E-state index < -0.39 is 6.09 Å². The van der Waals surface area contributed by atoms with Crippen LogP contribution in [-0.4, -0.2) is 62.4 Å². The Balaban J connectivity index is 1.17. The molecule has 3 fully saturated rings. The Hall–Kier alpha value is -2.84. The van der Waals surface area contributed by atoms with Crippen molar-refractivity contribution in [2.45, 2.75) is 31.6 Å². The summed E-state index contributed by atoms with van der Waals surface area (Å²) in [6.07, 6.45) is 6.02. The largest absolute Gasteiger partial charge is 0.465 e. The Morgan fingerprint density at radius 1 is 1.14 bits per heavy atom. The van der Waals surface area contributed by atoms with Gasteiger partial charge in [-0.25, -0.2) is 9.78 Å². The van der Waals surface area contributed by atoms with Crippen molar-refractivity contribution >= 4 is 23.7 Å². The van der Waals surface area contributed by atoms with Crippen molar-refractivity contribution < 1.29 is 9.90 Å². The van der Waals surface area contributed by atoms with Gasteiger partial charge in [0.1, 0.15) is 5.82 Å². The lowest BCUT2D eigenvalue weighted by Crippen LogP contribution is -2.61. The first-order valence-electron chi connectivity index (χ1n) is 10.0. The van der Waals surface area contributed by atoms with Crippen LogP contribution in [0.15, 0.2) is 18.3 Å². The molecule has 0 atom stereocenters. The fraction of sp³-hybridized carbons (Fsp3) is 0.579. The van der Waals surface area contributed by atoms with Crippen LogP contribution in [-0.2, 0) is 0 Å². The van der Waals surface area contributed by atoms with E-state index in [9.17, 15) is 4.79 Å². The van der Waals surface area contributed by atoms with Gasteiger partial charge in [-0.3, -0.25) is 5.10 Å². The first-order chi connectivity index (χ1) is 13.7. The molecule has 1 saturated carbocycles. The number of rotatable bonds is 5. The number of aromatic amines is 1. The molecule has 0 bridgehead atoms. The molecular weight excluding hydrogens is 358 g/mol. The van der Waals surface area contributed by atoms with Crippen LogP contribution < -0.4 is 10.2 Å². The molecule has 2 aliphatic heterocycles. The molecule has 148 valence electrons. The molecule has 3 N–H and O–H groups in total. The summed E-state index contributed by atoms with van der Waals surface area (Å²) in [6, 6.07) is 3.93. The van der Waals surface area contributed by atoms with Gasteiger partial charge >= 0.3 is 6.09 Å². The maximum absolute atomic E-state index is 10.9. The van der Waals surface area contributed by atoms with Gasteiger partial charge in [-0.1, -0.05) is 12.8 Å². The van der Waals surface area contributed by atoms with E-state index in [4.69, 9.17) is 5.11 Å². The van der Waals surface area contributed by atoms with Gasteiger partial charge < -0.3 is 20.2 Å². The van der Waals surface area contributed by atoms with E-state index in [2.05, 4.69) is 36.4 Å². The summed E-state index contributed by atoms with van der Waals surface area (Å²) in [5.74, 6) is 3.82. The van der Waals surface area contributed by atoms with Gasteiger partial charge in [0.2, 0.25) is 5.95 Å². The predicted molar refractivity (Wildman–Crippen MR) is 104 cm³/mol. The number of likely N-dealkylation sites (tertiary alicyclic amines) is 1. The molecule has 1 aliphatic carbocycles. The number of carbonyl (C=O) groups is 1. The molecule has 2 aromatic heterocycles. The minimum atomic E-state index is -0.816. The first kappa shape index (κ1) is 17.3. The fourth-order valence-electron chi connectivity index (χ4n) is 4.49. The van der Waals surface area contributed by atoms with Crippen molar-refractivity contribution in [3.05, 3.63) is 24.0 Å². The van der Waals surface area contributed by atoms with Crippen LogP contribution in [0.4, 0.5) is 22.4 Å². The number of carboxylic acid groups (broad SMARTS) is 1. The minimum Gasteiger partial charge on any atom is -0.465 e. The maximum Gasteiger partial charge on any atom is 0.407 e. The molecule has 3 aliphatic rings. The van der Waals surface area contributed by atoms with E-state index in [-0.39, 0.29) is 0 Å². The zero-order valence-electron chi connectivity index (χ0n) is 15.7. The van der Waals surface area contributed by atoms with Gasteiger partial charge in [-0.2, -0.15) is 10.1 Å². The third-order valence-corrected chi connectivity index (χ3v) is 6.33. The Labute approximate surface area is 163 Å². The van der Waals surface area contributed by atoms with Crippen LogP contribution in [0.25, 0.3) is 0 Å². The molecule has 0 aromatic carbocycles. The van der Waals surface area contributed by atoms with Crippen LogP contribution >= 0.6 is 0 Å². The summed E-state index contributed by atoms with van der Waals surface area (Å²) in [5.41, 5.74) is 1.20. The average molecular weight is 383 g/mol. The van der Waals surface area contributed by atoms with E-state index in [0.717, 1.165) is 24.7 Å². The second kappa shape index (κ2) is 6.96. The summed E-state index contributed by atoms with van der Waals surface area (Å²) >= 11 is 0. The SMILES string of the molecule is O=C(O)N1CC(C2CN(c3nccc(Nc4cc(C5CCCC5)[nH]n4)n3)C2)C1. The minimum absolute atomic E-state index is 0.465. The quantitative estimate of drug-likeness (QED) is 0.728. The third-order valence-electron chi connectivity index (χ3n) is 6.33. The van der Waals surface area contributed by atoms with Crippen LogP contribution in [0.1, 0.15) is 37.3 Å². The van der Waals surface area contributed by atoms with Crippen molar-refractivity contribution in [2.24, 2.45) is 11.8 Å². The maximum atomic E-state index is 10.9. The first-order valence-corrected chi connectivity index (χ1v) is 10.0. The van der Waals surface area contributed by atoms with E-state index in [1.165, 1.54) is 36.3 Å². The highest BCUT2D eigenvalue weighted by Crippen LogP contribution is 2.35. The number of hydrogen-bond donors (Lipinski definition) is 3. The van der Waals surface area contributed by atoms with E-state index in [1.807, 2.05) is 6.07 Å². The Bertz CT molecular complexity index is 851. The fourth-order valence-corrected chi connectivity index (χ4v) is 4.49. The lowest BCUT2D eigenvalue weighted by atomic mass is 9.81. The Kier molecular flexibility index (Phi) is 4.29. The van der Waals surface area contributed by atoms with Crippen LogP contribution in [0.3, 0.4) is 0 Å². The summed E-state index contributed by atoms with van der Waals surface area (Å²) in [7, 11) is 0. The van der Waals surface area contributed by atoms with Crippen molar-refractivity contribution in [3.63, 3.8) is 0 Å². The molecule has 4 heterocycles. The molecule has 9 nitrogen and oxygen atoms in total. The summed E-state index contributed by atoms with van der Waals surface area (Å²) < 4.78 is 0. The topological polar surface area (TPSA) is 110 Å². The number of H-pyrrole nitrogens is 1. The smallest absolute Gasteiger partial charge is 0.407 e. The molecule has 28 heavy (non-hydrogen) atoms. The van der Waals surface area contributed by atoms with E-state index in [0.29, 0.717) is 36.8 Å². The average Bonchev–Trinajstić information content (AvgIpc) is 3.26. The van der Waals surface area contributed by atoms with Crippen molar-refractivity contribution in [3.8, 4) is 0 Å². The van der Waals surface area contributed by atoms with Crippen molar-refractivity contribution in [2.75, 3.05) is 36.4 Å². The predicted octanol–water partition coefficient (Wildman–Crippen LogP) is 2.65. The van der Waals surface area contributed by atoms with Gasteiger partial charge in [0.25, 0.3) is 0 Å². The summed E-state index contributed by atoms with van der Waals surface area (Å²) in [6.45, 7) is 3.07. The molecule has 2 saturated heterocycles. The van der Waals surface area contributed by atoms with Gasteiger partial charge in [0.05, 0.1) is 0 Å². The number of aromatic nitrogens is 4. The number of hydrogen-bond acceptors (Lipinski definition) is 6. The Morgan fingerprint density at radius 3 is 2.64 bits per heavy atom. The van der Waals surface area contributed by atoms with Crippen LogP contribution in [0, 0.1) is 11.8 Å². The number of nitrogens with zero attached hydrogens (tertiary/aromatic N) is 5. The lowest BCUT2D eigenvalue weighted by Gasteiger charge is -2.49. The van der Waals surface area contributed by atoms with Crippen molar-refractivity contribution in [1.82, 2.24) is 25.1 Å². The Morgan fingerprint density at radius 2 is 1.89 bits per heavy atom. The molecule has 1 amide bonds. The lowest BCUT2D eigenvalue weighted by molar-refractivity contribution is 0.0464. The van der Waals surface area contributed by atoms with Crippen molar-refractivity contribution in [1.29, 1.82) is 0 Å².